The summed E-state index contributed by atoms with van der Waals surface area (Å²) in [4.78, 5) is 0. The Bertz CT molecular complexity index is 115. The molecule has 0 rings (SSSR count). The van der Waals surface area contributed by atoms with Gasteiger partial charge < -0.3 is 0 Å². The maximum Gasteiger partial charge on any atom is -0.0386 e. The first kappa shape index (κ1) is 14.0. The van der Waals surface area contributed by atoms with Crippen LogP contribution in [0.2, 0.25) is 0 Å². The van der Waals surface area contributed by atoms with E-state index in [1.807, 2.05) is 0 Å². The van der Waals surface area contributed by atoms with Crippen LogP contribution in [0.3, 0.4) is 0 Å². The summed E-state index contributed by atoms with van der Waals surface area (Å²) in [6.45, 7) is 11.8. The normalized spacial score (nSPS) is 15.9. The summed E-state index contributed by atoms with van der Waals surface area (Å²) in [5.74, 6) is 2.74. The molecule has 0 aliphatic heterocycles. The van der Waals surface area contributed by atoms with Crippen molar-refractivity contribution in [2.75, 3.05) is 0 Å². The first-order valence-electron chi connectivity index (χ1n) is 6.63. The van der Waals surface area contributed by atoms with Crippen LogP contribution in [-0.4, -0.2) is 0 Å². The molecule has 0 saturated carbocycles. The second-order valence-electron chi connectivity index (χ2n) is 5.15. The molecule has 14 heavy (non-hydrogen) atoms. The van der Waals surface area contributed by atoms with E-state index in [0.717, 1.165) is 17.8 Å². The van der Waals surface area contributed by atoms with Crippen LogP contribution in [0.4, 0.5) is 0 Å². The van der Waals surface area contributed by atoms with Crippen molar-refractivity contribution >= 4 is 0 Å². The van der Waals surface area contributed by atoms with E-state index in [1.54, 1.807) is 0 Å². The van der Waals surface area contributed by atoms with Gasteiger partial charge in [-0.2, -0.15) is 0 Å². The van der Waals surface area contributed by atoms with Crippen LogP contribution in [0.15, 0.2) is 0 Å². The van der Waals surface area contributed by atoms with Crippen LogP contribution in [0.5, 0.6) is 0 Å². The molecule has 2 unspecified atom stereocenters. The zero-order chi connectivity index (χ0) is 11.0. The monoisotopic (exact) mass is 198 g/mol. The Morgan fingerprint density at radius 2 is 1.43 bits per heavy atom. The van der Waals surface area contributed by atoms with Gasteiger partial charge in [0.2, 0.25) is 0 Å². The van der Waals surface area contributed by atoms with Crippen LogP contribution >= 0.6 is 0 Å². The van der Waals surface area contributed by atoms with Crippen LogP contribution in [0.1, 0.15) is 73.1 Å². The molecule has 0 fully saturated rings. The van der Waals surface area contributed by atoms with E-state index in [-0.39, 0.29) is 0 Å². The lowest BCUT2D eigenvalue weighted by Gasteiger charge is -2.26. The standard InChI is InChI=1S/C14H30/c1-6-8-9-11-14(10-7-2)13(5)12(3)4/h12-14H,6-11H2,1-5H3. The van der Waals surface area contributed by atoms with E-state index < -0.39 is 0 Å². The van der Waals surface area contributed by atoms with Gasteiger partial charge in [0.25, 0.3) is 0 Å². The number of hydrogen-bond acceptors (Lipinski definition) is 0. The predicted octanol–water partition coefficient (Wildman–Crippen LogP) is 5.28. The summed E-state index contributed by atoms with van der Waals surface area (Å²) >= 11 is 0. The van der Waals surface area contributed by atoms with Crippen molar-refractivity contribution in [2.24, 2.45) is 17.8 Å². The third kappa shape index (κ3) is 5.67. The van der Waals surface area contributed by atoms with Gasteiger partial charge in [0.05, 0.1) is 0 Å². The summed E-state index contributed by atoms with van der Waals surface area (Å²) in [6, 6.07) is 0. The van der Waals surface area contributed by atoms with Crippen molar-refractivity contribution in [3.63, 3.8) is 0 Å². The van der Waals surface area contributed by atoms with Gasteiger partial charge in [0.15, 0.2) is 0 Å². The van der Waals surface area contributed by atoms with Crippen LogP contribution < -0.4 is 0 Å². The molecule has 0 spiro atoms. The molecule has 0 aliphatic carbocycles. The molecular formula is C14H30. The second-order valence-corrected chi connectivity index (χ2v) is 5.15. The minimum atomic E-state index is 0.855. The molecule has 0 aliphatic rings. The molecule has 0 bridgehead atoms. The zero-order valence-corrected chi connectivity index (χ0v) is 11.0. The molecule has 0 aromatic rings. The van der Waals surface area contributed by atoms with Crippen molar-refractivity contribution < 1.29 is 0 Å². The molecule has 0 amide bonds. The summed E-state index contributed by atoms with van der Waals surface area (Å²) in [5.41, 5.74) is 0. The lowest BCUT2D eigenvalue weighted by Crippen LogP contribution is -2.17. The van der Waals surface area contributed by atoms with Gasteiger partial charge >= 0.3 is 0 Å². The molecule has 0 aromatic carbocycles. The molecule has 0 N–H and O–H groups in total. The fourth-order valence-corrected chi connectivity index (χ4v) is 2.24. The Labute approximate surface area is 91.5 Å². The SMILES string of the molecule is CCCCCC(CCC)C(C)C(C)C. The third-order valence-corrected chi connectivity index (χ3v) is 3.63. The van der Waals surface area contributed by atoms with Gasteiger partial charge in [-0.1, -0.05) is 73.1 Å². The molecule has 0 heterocycles. The minimum absolute atomic E-state index is 0.855. The van der Waals surface area contributed by atoms with E-state index in [1.165, 1.54) is 38.5 Å². The van der Waals surface area contributed by atoms with Crippen LogP contribution in [0.25, 0.3) is 0 Å². The van der Waals surface area contributed by atoms with Gasteiger partial charge in [0, 0.05) is 0 Å². The molecule has 0 saturated heterocycles. The molecule has 0 nitrogen and oxygen atoms in total. The average molecular weight is 198 g/mol. The summed E-state index contributed by atoms with van der Waals surface area (Å²) in [6.07, 6.45) is 8.47. The molecule has 2 atom stereocenters. The number of unbranched alkanes of at least 4 members (excludes halogenated alkanes) is 2. The minimum Gasteiger partial charge on any atom is -0.0654 e. The Morgan fingerprint density at radius 1 is 0.786 bits per heavy atom. The molecule has 0 heteroatoms. The lowest BCUT2D eigenvalue weighted by atomic mass is 9.79. The Morgan fingerprint density at radius 3 is 1.86 bits per heavy atom. The number of hydrogen-bond donors (Lipinski definition) is 0. The third-order valence-electron chi connectivity index (χ3n) is 3.63. The van der Waals surface area contributed by atoms with E-state index in [2.05, 4.69) is 34.6 Å². The molecule has 86 valence electrons. The van der Waals surface area contributed by atoms with Gasteiger partial charge in [-0.25, -0.2) is 0 Å². The highest BCUT2D eigenvalue weighted by Gasteiger charge is 2.18. The topological polar surface area (TPSA) is 0 Å². The first-order chi connectivity index (χ1) is 6.63. The smallest absolute Gasteiger partial charge is 0.0386 e. The Kier molecular flexibility index (Phi) is 8.32. The zero-order valence-electron chi connectivity index (χ0n) is 11.0. The van der Waals surface area contributed by atoms with Crippen LogP contribution in [0, 0.1) is 17.8 Å². The van der Waals surface area contributed by atoms with Crippen molar-refractivity contribution in [3.8, 4) is 0 Å². The van der Waals surface area contributed by atoms with E-state index in [0.29, 0.717) is 0 Å². The van der Waals surface area contributed by atoms with E-state index in [9.17, 15) is 0 Å². The maximum absolute atomic E-state index is 2.44. The van der Waals surface area contributed by atoms with Gasteiger partial charge in [-0.15, -0.1) is 0 Å². The predicted molar refractivity (Wildman–Crippen MR) is 66.5 cm³/mol. The summed E-state index contributed by atoms with van der Waals surface area (Å²) < 4.78 is 0. The summed E-state index contributed by atoms with van der Waals surface area (Å²) in [7, 11) is 0. The van der Waals surface area contributed by atoms with Crippen molar-refractivity contribution in [3.05, 3.63) is 0 Å². The van der Waals surface area contributed by atoms with Gasteiger partial charge in [0.1, 0.15) is 0 Å². The second kappa shape index (κ2) is 8.32. The highest BCUT2D eigenvalue weighted by Crippen LogP contribution is 2.29. The Hall–Kier alpha value is 0. The largest absolute Gasteiger partial charge is 0.0654 e. The lowest BCUT2D eigenvalue weighted by molar-refractivity contribution is 0.240. The molecular weight excluding hydrogens is 168 g/mol. The summed E-state index contributed by atoms with van der Waals surface area (Å²) in [5, 5.41) is 0. The van der Waals surface area contributed by atoms with Crippen molar-refractivity contribution in [1.82, 2.24) is 0 Å². The highest BCUT2D eigenvalue weighted by molar-refractivity contribution is 4.69. The van der Waals surface area contributed by atoms with E-state index >= 15 is 0 Å². The van der Waals surface area contributed by atoms with Gasteiger partial charge in [-0.05, 0) is 17.8 Å². The fourth-order valence-electron chi connectivity index (χ4n) is 2.24. The molecule has 0 aromatic heterocycles. The first-order valence-corrected chi connectivity index (χ1v) is 6.63. The van der Waals surface area contributed by atoms with Crippen molar-refractivity contribution in [1.29, 1.82) is 0 Å². The highest BCUT2D eigenvalue weighted by atomic mass is 14.2. The molecule has 0 radical (unpaired) electrons. The quantitative estimate of drug-likeness (QED) is 0.466. The van der Waals surface area contributed by atoms with Crippen molar-refractivity contribution in [2.45, 2.75) is 73.1 Å². The van der Waals surface area contributed by atoms with E-state index in [4.69, 9.17) is 0 Å². The Balaban J connectivity index is 3.87. The average Bonchev–Trinajstić information content (AvgIpc) is 2.15. The van der Waals surface area contributed by atoms with Crippen LogP contribution in [-0.2, 0) is 0 Å². The number of rotatable bonds is 8. The maximum atomic E-state index is 2.44. The fraction of sp³-hybridized carbons (Fsp3) is 1.00. The van der Waals surface area contributed by atoms with Gasteiger partial charge in [-0.3, -0.25) is 0 Å².